The van der Waals surface area contributed by atoms with Gasteiger partial charge in [-0.3, -0.25) is 14.5 Å². The third-order valence-electron chi connectivity index (χ3n) is 6.19. The van der Waals surface area contributed by atoms with Gasteiger partial charge in [0, 0.05) is 29.7 Å². The van der Waals surface area contributed by atoms with Crippen LogP contribution in [0, 0.1) is 17.2 Å². The number of nitrogens with zero attached hydrogens (tertiary/aromatic N) is 1. The molecule has 10 heteroatoms. The van der Waals surface area contributed by atoms with Gasteiger partial charge in [0.1, 0.15) is 11.4 Å². The molecule has 1 aliphatic heterocycles. The number of carbonyl (C=O) groups is 2. The quantitative estimate of drug-likeness (QED) is 0.637. The average Bonchev–Trinajstić information content (AvgIpc) is 2.58. The molecule has 0 radical (unpaired) electrons. The van der Waals surface area contributed by atoms with E-state index >= 15 is 0 Å². The molecule has 0 atom stereocenters. The van der Waals surface area contributed by atoms with Gasteiger partial charge in [0.2, 0.25) is 11.8 Å². The Labute approximate surface area is 183 Å². The van der Waals surface area contributed by atoms with Crippen LogP contribution in [0.3, 0.4) is 0 Å². The zero-order valence-electron chi connectivity index (χ0n) is 17.4. The minimum Gasteiger partial charge on any atom is -0.341 e. The zero-order valence-corrected chi connectivity index (χ0v) is 18.2. The van der Waals surface area contributed by atoms with Crippen LogP contribution >= 0.6 is 11.6 Å². The van der Waals surface area contributed by atoms with Crippen LogP contribution in [0.25, 0.3) is 0 Å². The maximum absolute atomic E-state index is 13.4. The molecule has 2 aliphatic rings. The Hall–Kier alpha value is -1.87. The second-order valence-corrected chi connectivity index (χ2v) is 9.67. The molecule has 1 aromatic rings. The van der Waals surface area contributed by atoms with Crippen molar-refractivity contribution in [1.29, 1.82) is 0 Å². The summed E-state index contributed by atoms with van der Waals surface area (Å²) in [5, 5.41) is 4.96. The van der Waals surface area contributed by atoms with Crippen LogP contribution < -0.4 is 10.6 Å². The molecule has 5 nitrogen and oxygen atoms in total. The molecule has 1 spiro atoms. The summed E-state index contributed by atoms with van der Waals surface area (Å²) in [7, 11) is 0. The van der Waals surface area contributed by atoms with Gasteiger partial charge in [0.05, 0.1) is 6.54 Å². The average molecular weight is 464 g/mol. The molecular formula is C21H26ClF4N3O2. The van der Waals surface area contributed by atoms with Crippen molar-refractivity contribution in [3.8, 4) is 0 Å². The summed E-state index contributed by atoms with van der Waals surface area (Å²) in [6, 6.07) is 3.86. The molecule has 1 heterocycles. The number of alkyl halides is 3. The van der Waals surface area contributed by atoms with Gasteiger partial charge in [-0.1, -0.05) is 11.6 Å². The van der Waals surface area contributed by atoms with E-state index in [1.807, 2.05) is 10.2 Å². The molecule has 3 rings (SSSR count). The topological polar surface area (TPSA) is 61.4 Å². The van der Waals surface area contributed by atoms with Gasteiger partial charge in [0.25, 0.3) is 0 Å². The van der Waals surface area contributed by atoms with Gasteiger partial charge in [-0.15, -0.1) is 0 Å². The third-order valence-corrected chi connectivity index (χ3v) is 6.41. The third kappa shape index (κ3) is 5.68. The summed E-state index contributed by atoms with van der Waals surface area (Å²) in [6.45, 7) is 3.05. The summed E-state index contributed by atoms with van der Waals surface area (Å²) < 4.78 is 52.1. The minimum atomic E-state index is -4.52. The number of halogens is 5. The summed E-state index contributed by atoms with van der Waals surface area (Å²) >= 11 is 5.81. The van der Waals surface area contributed by atoms with Gasteiger partial charge in [0.15, 0.2) is 0 Å². The smallest absolute Gasteiger partial charge is 0.341 e. The monoisotopic (exact) mass is 463 g/mol. The fraction of sp³-hybridized carbons (Fsp3) is 0.619. The van der Waals surface area contributed by atoms with E-state index in [1.54, 1.807) is 0 Å². The Morgan fingerprint density at radius 1 is 1.16 bits per heavy atom. The largest absolute Gasteiger partial charge is 0.410 e. The summed E-state index contributed by atoms with van der Waals surface area (Å²) in [6.07, 6.45) is -1.61. The lowest BCUT2D eigenvalue weighted by atomic mass is 9.65. The first kappa shape index (κ1) is 23.8. The number of nitrogens with one attached hydrogen (secondary N) is 2. The number of anilines is 1. The molecule has 2 amide bonds. The van der Waals surface area contributed by atoms with E-state index in [0.29, 0.717) is 31.6 Å². The van der Waals surface area contributed by atoms with Crippen LogP contribution in [0.2, 0.25) is 5.02 Å². The second kappa shape index (κ2) is 8.58. The highest BCUT2D eigenvalue weighted by Crippen LogP contribution is 2.45. The van der Waals surface area contributed by atoms with Crippen molar-refractivity contribution in [2.75, 3.05) is 25.0 Å². The highest BCUT2D eigenvalue weighted by Gasteiger charge is 2.50. The van der Waals surface area contributed by atoms with Crippen LogP contribution in [-0.4, -0.2) is 48.1 Å². The lowest BCUT2D eigenvalue weighted by molar-refractivity contribution is -0.189. The predicted molar refractivity (Wildman–Crippen MR) is 109 cm³/mol. The molecule has 0 aromatic heterocycles. The highest BCUT2D eigenvalue weighted by molar-refractivity contribution is 6.30. The van der Waals surface area contributed by atoms with Crippen molar-refractivity contribution in [1.82, 2.24) is 10.2 Å². The van der Waals surface area contributed by atoms with Crippen LogP contribution in [-0.2, 0) is 9.59 Å². The van der Waals surface area contributed by atoms with E-state index in [9.17, 15) is 27.2 Å². The lowest BCUT2D eigenvalue weighted by Gasteiger charge is -2.53. The first-order chi connectivity index (χ1) is 14.3. The van der Waals surface area contributed by atoms with Crippen LogP contribution in [0.5, 0.6) is 0 Å². The van der Waals surface area contributed by atoms with Gasteiger partial charge < -0.3 is 10.6 Å². The lowest BCUT2D eigenvalue weighted by Crippen LogP contribution is -2.62. The molecule has 1 aliphatic carbocycles. The molecule has 1 saturated heterocycles. The van der Waals surface area contributed by atoms with Crippen molar-refractivity contribution in [3.63, 3.8) is 0 Å². The van der Waals surface area contributed by atoms with Gasteiger partial charge in [-0.2, -0.15) is 13.2 Å². The second-order valence-electron chi connectivity index (χ2n) is 9.24. The Bertz CT molecular complexity index is 823. The van der Waals surface area contributed by atoms with Crippen molar-refractivity contribution in [2.45, 2.75) is 51.2 Å². The Morgan fingerprint density at radius 3 is 2.32 bits per heavy atom. The Kier molecular flexibility index (Phi) is 6.58. The molecule has 2 fully saturated rings. The van der Waals surface area contributed by atoms with Crippen molar-refractivity contribution >= 4 is 29.1 Å². The van der Waals surface area contributed by atoms with Crippen LogP contribution in [0.15, 0.2) is 18.2 Å². The number of hydrogen-bond donors (Lipinski definition) is 2. The number of rotatable bonds is 5. The normalized spacial score (nSPS) is 19.7. The summed E-state index contributed by atoms with van der Waals surface area (Å²) in [5.41, 5.74) is -1.96. The van der Waals surface area contributed by atoms with E-state index in [1.165, 1.54) is 12.1 Å². The minimum absolute atomic E-state index is 0.00122. The molecule has 31 heavy (non-hydrogen) atoms. The van der Waals surface area contributed by atoms with Crippen LogP contribution in [0.4, 0.5) is 23.2 Å². The number of benzene rings is 1. The first-order valence-corrected chi connectivity index (χ1v) is 10.5. The molecule has 2 N–H and O–H groups in total. The van der Waals surface area contributed by atoms with E-state index in [4.69, 9.17) is 11.6 Å². The van der Waals surface area contributed by atoms with Gasteiger partial charge >= 0.3 is 6.18 Å². The fourth-order valence-electron chi connectivity index (χ4n) is 4.36. The molecule has 0 bridgehead atoms. The van der Waals surface area contributed by atoms with Crippen molar-refractivity contribution in [2.24, 2.45) is 11.3 Å². The molecule has 172 valence electrons. The van der Waals surface area contributed by atoms with Crippen molar-refractivity contribution < 1.29 is 27.2 Å². The van der Waals surface area contributed by atoms with E-state index in [-0.39, 0.29) is 28.8 Å². The first-order valence-electron chi connectivity index (χ1n) is 10.2. The standard InChI is InChI=1S/C21H26ClF4N3O2/c1-19(2,21(24,25)26)28-17(30)10-29-11-20(12-29)5-3-13(4-6-20)18(31)27-16-8-14(22)7-15(23)9-16/h7-9,13H,3-6,10-12H2,1-2H3,(H,27,31)(H,28,30). The van der Waals surface area contributed by atoms with E-state index in [0.717, 1.165) is 32.8 Å². The number of carbonyl (C=O) groups excluding carboxylic acids is 2. The molecule has 1 saturated carbocycles. The van der Waals surface area contributed by atoms with E-state index < -0.39 is 23.4 Å². The fourth-order valence-corrected chi connectivity index (χ4v) is 4.58. The van der Waals surface area contributed by atoms with Gasteiger partial charge in [-0.25, -0.2) is 4.39 Å². The van der Waals surface area contributed by atoms with Crippen LogP contribution in [0.1, 0.15) is 39.5 Å². The molecule has 0 unspecified atom stereocenters. The van der Waals surface area contributed by atoms with Crippen molar-refractivity contribution in [3.05, 3.63) is 29.0 Å². The van der Waals surface area contributed by atoms with E-state index in [2.05, 4.69) is 5.32 Å². The summed E-state index contributed by atoms with van der Waals surface area (Å²) in [4.78, 5) is 26.3. The Morgan fingerprint density at radius 2 is 1.77 bits per heavy atom. The maximum atomic E-state index is 13.4. The number of amides is 2. The summed E-state index contributed by atoms with van der Waals surface area (Å²) in [5.74, 6) is -1.55. The highest BCUT2D eigenvalue weighted by atomic mass is 35.5. The predicted octanol–water partition coefficient (Wildman–Crippen LogP) is 4.37. The van der Waals surface area contributed by atoms with Gasteiger partial charge in [-0.05, 0) is 63.1 Å². The SMILES string of the molecule is CC(C)(NC(=O)CN1CC2(CCC(C(=O)Nc3cc(F)cc(Cl)c3)CC2)C1)C(F)(F)F. The number of hydrogen-bond acceptors (Lipinski definition) is 3. The number of likely N-dealkylation sites (tertiary alicyclic amines) is 1. The maximum Gasteiger partial charge on any atom is 0.410 e. The zero-order chi connectivity index (χ0) is 23.0. The molecular weight excluding hydrogens is 438 g/mol. The Balaban J connectivity index is 1.43. The molecule has 1 aromatic carbocycles.